The van der Waals surface area contributed by atoms with Crippen LogP contribution in [-0.4, -0.2) is 68.6 Å². The van der Waals surface area contributed by atoms with Crippen molar-refractivity contribution in [1.82, 2.24) is 19.4 Å². The number of nitrogens with zero attached hydrogens (tertiary/aromatic N) is 5. The molecule has 0 radical (unpaired) electrons. The molecule has 2 aromatic carbocycles. The van der Waals surface area contributed by atoms with Gasteiger partial charge in [-0.3, -0.25) is 4.90 Å². The van der Waals surface area contributed by atoms with Crippen molar-refractivity contribution in [3.8, 4) is 17.2 Å². The smallest absolute Gasteiger partial charge is 0.410 e. The molecule has 2 aliphatic carbocycles. The summed E-state index contributed by atoms with van der Waals surface area (Å²) in [6.45, 7) is 8.46. The molecule has 9 nitrogen and oxygen atoms in total. The maximum atomic E-state index is 17.4. The van der Waals surface area contributed by atoms with Gasteiger partial charge >= 0.3 is 12.2 Å². The van der Waals surface area contributed by atoms with E-state index in [0.29, 0.717) is 45.6 Å². The lowest BCUT2D eigenvalue weighted by Crippen LogP contribution is -2.45. The van der Waals surface area contributed by atoms with E-state index in [0.717, 1.165) is 42.3 Å². The van der Waals surface area contributed by atoms with E-state index in [4.69, 9.17) is 37.7 Å². The Morgan fingerprint density at radius 2 is 1.87 bits per heavy atom. The summed E-state index contributed by atoms with van der Waals surface area (Å²) in [5.74, 6) is -0.0245. The third-order valence-corrected chi connectivity index (χ3v) is 12.8. The summed E-state index contributed by atoms with van der Waals surface area (Å²) >= 11 is 14.6. The Hall–Kier alpha value is -3.72. The molecule has 2 amide bonds. The van der Waals surface area contributed by atoms with Gasteiger partial charge in [-0.1, -0.05) is 42.3 Å². The maximum absolute atomic E-state index is 17.4. The number of hydrogen-bond acceptors (Lipinski definition) is 7. The van der Waals surface area contributed by atoms with Crippen LogP contribution in [0, 0.1) is 29.0 Å². The number of aromatic nitrogens is 2. The molecule has 9 rings (SSSR count). The molecule has 5 fully saturated rings. The number of pyridine rings is 1. The second-order valence-electron chi connectivity index (χ2n) is 15.7. The molecule has 6 atom stereocenters. The largest absolute Gasteiger partial charge is 0.449 e. The van der Waals surface area contributed by atoms with Crippen LogP contribution in [0.2, 0.25) is 10.0 Å². The van der Waals surface area contributed by atoms with Gasteiger partial charge in [0, 0.05) is 52.5 Å². The fraction of sp³-hybridized carbons (Fsp3) is 0.500. The van der Waals surface area contributed by atoms with Crippen molar-refractivity contribution in [2.24, 2.45) is 11.8 Å². The number of fused-ring (bicyclic) bond motifs is 5. The minimum absolute atomic E-state index is 0.113. The number of piperidine rings is 1. The Morgan fingerprint density at radius 1 is 1.09 bits per heavy atom. The van der Waals surface area contributed by atoms with Gasteiger partial charge in [0.1, 0.15) is 16.1 Å². The van der Waals surface area contributed by atoms with Gasteiger partial charge in [0.25, 0.3) is 0 Å². The Balaban J connectivity index is 1.38. The van der Waals surface area contributed by atoms with Crippen LogP contribution in [0.15, 0.2) is 35.4 Å². The maximum Gasteiger partial charge on any atom is 0.410 e. The van der Waals surface area contributed by atoms with Crippen LogP contribution in [0.4, 0.5) is 14.0 Å². The van der Waals surface area contributed by atoms with Crippen LogP contribution >= 0.6 is 35.0 Å². The lowest BCUT2D eigenvalue weighted by Gasteiger charge is -2.41. The predicted octanol–water partition coefficient (Wildman–Crippen LogP) is 10.3. The zero-order valence-corrected chi connectivity index (χ0v) is 32.7. The molecule has 13 heteroatoms. The highest BCUT2D eigenvalue weighted by molar-refractivity contribution is 7.98. The van der Waals surface area contributed by atoms with Gasteiger partial charge in [0.2, 0.25) is 0 Å². The fourth-order valence-electron chi connectivity index (χ4n) is 8.99. The highest BCUT2D eigenvalue weighted by atomic mass is 35.5. The SMILES string of the molecule is CCCOC(=O)N1[C@@H](c2cc3c(SC)nc4c(F)c(-c5cccc(Cl)c5Cl)c(CCC#N)cc4c3n2[C@H]2[C@@H]3C[C@H]2N(C(=O)OC(C)(C)C)C3)C[C@H]2C[C@H]21. The number of carbonyl (C=O) groups excluding carboxylic acids is 2. The quantitative estimate of drug-likeness (QED) is 0.164. The number of ether oxygens (including phenoxy) is 2. The number of rotatable bonds is 8. The average molecular weight is 779 g/mol. The highest BCUT2D eigenvalue weighted by Gasteiger charge is 2.59. The number of thioether (sulfide) groups is 1. The molecular weight excluding hydrogens is 736 g/mol. The van der Waals surface area contributed by atoms with Crippen molar-refractivity contribution in [3.63, 3.8) is 0 Å². The lowest BCUT2D eigenvalue weighted by atomic mass is 9.79. The molecule has 2 saturated carbocycles. The normalized spacial score (nSPS) is 24.4. The summed E-state index contributed by atoms with van der Waals surface area (Å²) in [5.41, 5.74) is 2.62. The van der Waals surface area contributed by atoms with Crippen molar-refractivity contribution in [1.29, 1.82) is 5.26 Å². The van der Waals surface area contributed by atoms with Crippen molar-refractivity contribution < 1.29 is 23.5 Å². The molecule has 4 aromatic rings. The molecule has 0 spiro atoms. The zero-order chi connectivity index (χ0) is 37.5. The first-order valence-corrected chi connectivity index (χ1v) is 20.3. The first-order chi connectivity index (χ1) is 25.4. The Bertz CT molecular complexity index is 2220. The molecule has 2 bridgehead atoms. The van der Waals surface area contributed by atoms with Crippen LogP contribution in [0.25, 0.3) is 32.9 Å². The van der Waals surface area contributed by atoms with E-state index < -0.39 is 11.4 Å². The molecule has 5 heterocycles. The van der Waals surface area contributed by atoms with Gasteiger partial charge in [0.15, 0.2) is 5.82 Å². The first kappa shape index (κ1) is 36.3. The van der Waals surface area contributed by atoms with Crippen LogP contribution in [0.1, 0.15) is 83.1 Å². The third-order valence-electron chi connectivity index (χ3n) is 11.3. The summed E-state index contributed by atoms with van der Waals surface area (Å²) in [7, 11) is 0. The van der Waals surface area contributed by atoms with Crippen molar-refractivity contribution >= 4 is 69.0 Å². The summed E-state index contributed by atoms with van der Waals surface area (Å²) in [6.07, 6.45) is 4.99. The number of aryl methyl sites for hydroxylation is 1. The van der Waals surface area contributed by atoms with Crippen LogP contribution in [0.5, 0.6) is 0 Å². The molecule has 3 aliphatic heterocycles. The third kappa shape index (κ3) is 6.00. The van der Waals surface area contributed by atoms with E-state index in [1.165, 1.54) is 11.8 Å². The van der Waals surface area contributed by atoms with E-state index in [9.17, 15) is 14.9 Å². The minimum atomic E-state index is -0.648. The standard InChI is InChI=1S/C40H42Cl2FN5O4S/c1-6-13-51-39(50)47-27-15-21(27)16-28(47)29-18-25-36(48(29)35-22-17-30(35)46(19-22)38(49)52-40(2,3)4)24-14-20(9-8-12-44)31(23-10-7-11-26(41)32(23)42)33(43)34(24)45-37(25)53-5/h7,10-11,14,18,21-22,27-28,30,35H,6,8-9,13,15-17,19H2,1-5H3/t21-,22-,27-,28-,30-,35+/m1/s1. The Morgan fingerprint density at radius 3 is 2.58 bits per heavy atom. The van der Waals surface area contributed by atoms with Gasteiger partial charge in [-0.2, -0.15) is 5.26 Å². The second-order valence-corrected chi connectivity index (χ2v) is 17.3. The number of benzene rings is 2. The summed E-state index contributed by atoms with van der Waals surface area (Å²) in [4.78, 5) is 36.0. The molecule has 2 aromatic heterocycles. The molecule has 278 valence electrons. The van der Waals surface area contributed by atoms with Gasteiger partial charge in [-0.15, -0.1) is 11.8 Å². The van der Waals surface area contributed by atoms with Gasteiger partial charge < -0.3 is 18.9 Å². The Kier molecular flexibility index (Phi) is 9.26. The van der Waals surface area contributed by atoms with Crippen LogP contribution < -0.4 is 0 Å². The molecule has 0 N–H and O–H groups in total. The monoisotopic (exact) mass is 777 g/mol. The number of nitriles is 1. The van der Waals surface area contributed by atoms with E-state index in [1.807, 2.05) is 49.8 Å². The molecule has 53 heavy (non-hydrogen) atoms. The topological polar surface area (TPSA) is 101 Å². The average Bonchev–Trinajstić information content (AvgIpc) is 3.47. The summed E-state index contributed by atoms with van der Waals surface area (Å²) < 4.78 is 31.3. The minimum Gasteiger partial charge on any atom is -0.449 e. The van der Waals surface area contributed by atoms with E-state index >= 15 is 4.39 Å². The lowest BCUT2D eigenvalue weighted by molar-refractivity contribution is 0.0208. The van der Waals surface area contributed by atoms with Crippen molar-refractivity contribution in [2.45, 2.75) is 101 Å². The fourth-order valence-corrected chi connectivity index (χ4v) is 9.94. The summed E-state index contributed by atoms with van der Waals surface area (Å²) in [6, 6.07) is 11.0. The van der Waals surface area contributed by atoms with Crippen LogP contribution in [-0.2, 0) is 15.9 Å². The van der Waals surface area contributed by atoms with Gasteiger partial charge in [0.05, 0.1) is 46.4 Å². The predicted molar refractivity (Wildman–Crippen MR) is 205 cm³/mol. The van der Waals surface area contributed by atoms with E-state index in [1.54, 1.807) is 18.2 Å². The van der Waals surface area contributed by atoms with Crippen molar-refractivity contribution in [2.75, 3.05) is 19.4 Å². The van der Waals surface area contributed by atoms with Gasteiger partial charge in [-0.25, -0.2) is 19.0 Å². The number of hydrogen-bond donors (Lipinski definition) is 0. The molecular formula is C40H42Cl2FN5O4S. The van der Waals surface area contributed by atoms with Crippen molar-refractivity contribution in [3.05, 3.63) is 57.5 Å². The van der Waals surface area contributed by atoms with E-state index in [-0.39, 0.29) is 71.2 Å². The second kappa shape index (κ2) is 13.5. The molecule has 0 unspecified atom stereocenters. The molecule has 5 aliphatic rings. The van der Waals surface area contributed by atoms with Gasteiger partial charge in [-0.05, 0) is 88.8 Å². The molecule has 3 saturated heterocycles. The number of amides is 2. The first-order valence-electron chi connectivity index (χ1n) is 18.4. The number of likely N-dealkylation sites (tertiary alicyclic amines) is 1. The van der Waals surface area contributed by atoms with Crippen LogP contribution in [0.3, 0.4) is 0 Å². The number of carbonyl (C=O) groups is 2. The summed E-state index contributed by atoms with van der Waals surface area (Å²) in [5, 5.41) is 12.3. The zero-order valence-electron chi connectivity index (χ0n) is 30.4. The Labute approximate surface area is 322 Å². The van der Waals surface area contributed by atoms with E-state index in [2.05, 4.69) is 16.7 Å². The number of halogens is 3. The highest BCUT2D eigenvalue weighted by Crippen LogP contribution is 2.58.